The molecule has 0 radical (unpaired) electrons. The van der Waals surface area contributed by atoms with Crippen LogP contribution in [0.2, 0.25) is 0 Å². The van der Waals surface area contributed by atoms with Crippen LogP contribution in [0.1, 0.15) is 27.8 Å². The monoisotopic (exact) mass is 569 g/mol. The molecule has 0 aromatic heterocycles. The molecule has 0 aliphatic heterocycles. The second-order valence-corrected chi connectivity index (χ2v) is 11.9. The smallest absolute Gasteiger partial charge is 0.100 e. The number of fused-ring (bicyclic) bond motifs is 10. The molecule has 2 aliphatic rings. The SMILES string of the molecule is N#Cc1c(-c2ccccc2)cc(-c2ccc3c(c2)C2(c4ccccc4-c4ccccc42)c2ccccc2-3)cc1-c1ccccc1. The van der Waals surface area contributed by atoms with Crippen molar-refractivity contribution in [2.45, 2.75) is 5.41 Å². The van der Waals surface area contributed by atoms with E-state index in [1.54, 1.807) is 0 Å². The molecule has 0 atom stereocenters. The van der Waals surface area contributed by atoms with Crippen molar-refractivity contribution >= 4 is 0 Å². The van der Waals surface area contributed by atoms with Crippen LogP contribution in [0.4, 0.5) is 0 Å². The average Bonchev–Trinajstić information content (AvgIpc) is 3.59. The summed E-state index contributed by atoms with van der Waals surface area (Å²) in [5.41, 5.74) is 17.0. The standard InChI is InChI=1S/C44H27N/c45-28-39-37(29-13-3-1-4-14-29)25-32(26-38(39)30-15-5-2-6-16-30)31-23-24-36-35-19-9-12-22-42(35)44(43(36)27-31)40-20-10-7-17-33(40)34-18-8-11-21-41(34)44/h1-27H. The molecule has 9 rings (SSSR count). The molecule has 208 valence electrons. The molecule has 2 aliphatic carbocycles. The molecule has 0 saturated carbocycles. The second kappa shape index (κ2) is 9.78. The Morgan fingerprint density at radius 3 is 1.22 bits per heavy atom. The van der Waals surface area contributed by atoms with Crippen molar-refractivity contribution in [1.29, 1.82) is 5.26 Å². The minimum Gasteiger partial charge on any atom is -0.192 e. The maximum absolute atomic E-state index is 10.5. The molecule has 1 heteroatoms. The Bertz CT molecular complexity index is 2200. The third kappa shape index (κ3) is 3.54. The fourth-order valence-corrected chi connectivity index (χ4v) is 7.89. The van der Waals surface area contributed by atoms with Crippen LogP contribution >= 0.6 is 0 Å². The van der Waals surface area contributed by atoms with Gasteiger partial charge in [0.25, 0.3) is 0 Å². The van der Waals surface area contributed by atoms with Gasteiger partial charge in [0.1, 0.15) is 6.07 Å². The van der Waals surface area contributed by atoms with E-state index in [9.17, 15) is 5.26 Å². The highest BCUT2D eigenvalue weighted by Crippen LogP contribution is 2.63. The van der Waals surface area contributed by atoms with Crippen molar-refractivity contribution in [2.24, 2.45) is 0 Å². The van der Waals surface area contributed by atoms with Gasteiger partial charge >= 0.3 is 0 Å². The molecule has 45 heavy (non-hydrogen) atoms. The van der Waals surface area contributed by atoms with Crippen LogP contribution in [-0.2, 0) is 5.41 Å². The Hall–Kier alpha value is -5.97. The van der Waals surface area contributed by atoms with Gasteiger partial charge in [0.2, 0.25) is 0 Å². The van der Waals surface area contributed by atoms with E-state index in [4.69, 9.17) is 0 Å². The van der Waals surface area contributed by atoms with E-state index in [0.717, 1.165) is 33.4 Å². The number of nitriles is 1. The van der Waals surface area contributed by atoms with Crippen LogP contribution in [0.25, 0.3) is 55.6 Å². The molecule has 0 saturated heterocycles. The number of hydrogen-bond acceptors (Lipinski definition) is 1. The Balaban J connectivity index is 1.35. The third-order valence-electron chi connectivity index (χ3n) is 9.75. The number of benzene rings is 7. The first-order valence-corrected chi connectivity index (χ1v) is 15.4. The second-order valence-electron chi connectivity index (χ2n) is 11.9. The molecule has 7 aromatic carbocycles. The van der Waals surface area contributed by atoms with Crippen LogP contribution in [0.15, 0.2) is 164 Å². The lowest BCUT2D eigenvalue weighted by Crippen LogP contribution is -2.25. The fourth-order valence-electron chi connectivity index (χ4n) is 7.89. The van der Waals surface area contributed by atoms with Crippen LogP contribution < -0.4 is 0 Å². The maximum atomic E-state index is 10.5. The van der Waals surface area contributed by atoms with E-state index in [1.165, 1.54) is 44.5 Å². The summed E-state index contributed by atoms with van der Waals surface area (Å²) >= 11 is 0. The third-order valence-corrected chi connectivity index (χ3v) is 9.75. The van der Waals surface area contributed by atoms with Crippen LogP contribution in [0.5, 0.6) is 0 Å². The molecule has 7 aromatic rings. The highest BCUT2D eigenvalue weighted by molar-refractivity contribution is 5.96. The van der Waals surface area contributed by atoms with Crippen LogP contribution in [-0.4, -0.2) is 0 Å². The summed E-state index contributed by atoms with van der Waals surface area (Å²) in [6, 6.07) is 61.3. The summed E-state index contributed by atoms with van der Waals surface area (Å²) in [6.45, 7) is 0. The average molecular weight is 570 g/mol. The highest BCUT2D eigenvalue weighted by atomic mass is 14.5. The largest absolute Gasteiger partial charge is 0.192 e. The van der Waals surface area contributed by atoms with E-state index < -0.39 is 5.41 Å². The van der Waals surface area contributed by atoms with Crippen molar-refractivity contribution in [3.63, 3.8) is 0 Å². The summed E-state index contributed by atoms with van der Waals surface area (Å²) in [6.07, 6.45) is 0. The quantitative estimate of drug-likeness (QED) is 0.208. The zero-order chi connectivity index (χ0) is 30.0. The normalized spacial score (nSPS) is 13.0. The number of rotatable bonds is 3. The van der Waals surface area contributed by atoms with Gasteiger partial charge in [0.15, 0.2) is 0 Å². The minimum atomic E-state index is -0.397. The molecule has 0 heterocycles. The maximum Gasteiger partial charge on any atom is 0.100 e. The van der Waals surface area contributed by atoms with Crippen molar-refractivity contribution in [3.05, 3.63) is 192 Å². The van der Waals surface area contributed by atoms with Crippen molar-refractivity contribution in [1.82, 2.24) is 0 Å². The predicted octanol–water partition coefficient (Wildman–Crippen LogP) is 10.9. The Labute approximate surface area is 263 Å². The zero-order valence-corrected chi connectivity index (χ0v) is 24.5. The van der Waals surface area contributed by atoms with E-state index in [1.807, 2.05) is 36.4 Å². The topological polar surface area (TPSA) is 23.8 Å². The highest BCUT2D eigenvalue weighted by Gasteiger charge is 2.51. The Morgan fingerprint density at radius 1 is 0.333 bits per heavy atom. The molecule has 0 bridgehead atoms. The van der Waals surface area contributed by atoms with Crippen LogP contribution in [0, 0.1) is 11.3 Å². The molecule has 0 N–H and O–H groups in total. The Kier molecular flexibility index (Phi) is 5.55. The van der Waals surface area contributed by atoms with Gasteiger partial charge in [-0.05, 0) is 85.0 Å². The van der Waals surface area contributed by atoms with Gasteiger partial charge in [-0.1, -0.05) is 146 Å². The van der Waals surface area contributed by atoms with E-state index in [-0.39, 0.29) is 0 Å². The van der Waals surface area contributed by atoms with Gasteiger partial charge in [0.05, 0.1) is 11.0 Å². The van der Waals surface area contributed by atoms with E-state index >= 15 is 0 Å². The van der Waals surface area contributed by atoms with Gasteiger partial charge < -0.3 is 0 Å². The lowest BCUT2D eigenvalue weighted by atomic mass is 9.70. The summed E-state index contributed by atoms with van der Waals surface area (Å²) in [7, 11) is 0. The number of hydrogen-bond donors (Lipinski definition) is 0. The van der Waals surface area contributed by atoms with Crippen molar-refractivity contribution in [2.75, 3.05) is 0 Å². The van der Waals surface area contributed by atoms with Gasteiger partial charge in [0, 0.05) is 11.1 Å². The van der Waals surface area contributed by atoms with Gasteiger partial charge in [-0.2, -0.15) is 5.26 Å². The first-order valence-electron chi connectivity index (χ1n) is 15.4. The summed E-state index contributed by atoms with van der Waals surface area (Å²) in [5, 5.41) is 10.5. The summed E-state index contributed by atoms with van der Waals surface area (Å²) in [4.78, 5) is 0. The summed E-state index contributed by atoms with van der Waals surface area (Å²) in [5.74, 6) is 0. The van der Waals surface area contributed by atoms with Gasteiger partial charge in [-0.15, -0.1) is 0 Å². The van der Waals surface area contributed by atoms with Gasteiger partial charge in [-0.3, -0.25) is 0 Å². The lowest BCUT2D eigenvalue weighted by molar-refractivity contribution is 0.794. The Morgan fingerprint density at radius 2 is 0.756 bits per heavy atom. The van der Waals surface area contributed by atoms with E-state index in [0.29, 0.717) is 5.56 Å². The fraction of sp³-hybridized carbons (Fsp3) is 0.0227. The van der Waals surface area contributed by atoms with Gasteiger partial charge in [-0.25, -0.2) is 0 Å². The number of nitrogens with zero attached hydrogens (tertiary/aromatic N) is 1. The molecule has 1 spiro atoms. The first-order chi connectivity index (χ1) is 22.3. The zero-order valence-electron chi connectivity index (χ0n) is 24.5. The molecular weight excluding hydrogens is 542 g/mol. The molecule has 0 amide bonds. The minimum absolute atomic E-state index is 0.397. The predicted molar refractivity (Wildman–Crippen MR) is 184 cm³/mol. The first kappa shape index (κ1) is 25.5. The molecular formula is C44H27N. The molecule has 1 nitrogen and oxygen atoms in total. The van der Waals surface area contributed by atoms with Crippen molar-refractivity contribution in [3.8, 4) is 61.7 Å². The molecule has 0 fully saturated rings. The van der Waals surface area contributed by atoms with Crippen LogP contribution in [0.3, 0.4) is 0 Å². The van der Waals surface area contributed by atoms with Crippen molar-refractivity contribution < 1.29 is 0 Å². The molecule has 0 unspecified atom stereocenters. The lowest BCUT2D eigenvalue weighted by Gasteiger charge is -2.30. The summed E-state index contributed by atoms with van der Waals surface area (Å²) < 4.78 is 0. The van der Waals surface area contributed by atoms with E-state index in [2.05, 4.69) is 133 Å².